The van der Waals surface area contributed by atoms with Crippen LogP contribution in [0.5, 0.6) is 0 Å². The summed E-state index contributed by atoms with van der Waals surface area (Å²) in [6.45, 7) is 0. The number of fused-ring (bicyclic) bond motifs is 1. The Morgan fingerprint density at radius 3 is 2.45 bits per heavy atom. The number of hydrogen-bond acceptors (Lipinski definition) is 4. The number of aliphatic carboxylic acids is 1. The third-order valence-electron chi connectivity index (χ3n) is 3.26. The van der Waals surface area contributed by atoms with Gasteiger partial charge < -0.3 is 10.8 Å². The number of nitrogens with two attached hydrogens (primary N) is 1. The molecule has 0 radical (unpaired) electrons. The van der Waals surface area contributed by atoms with Crippen LogP contribution in [0.1, 0.15) is 23.2 Å². The van der Waals surface area contributed by atoms with Gasteiger partial charge in [0.2, 0.25) is 5.91 Å². The maximum Gasteiger partial charge on any atom is 0.320 e. The first-order valence-corrected chi connectivity index (χ1v) is 6.79. The van der Waals surface area contributed by atoms with E-state index in [1.165, 1.54) is 0 Å². The lowest BCUT2D eigenvalue weighted by Crippen LogP contribution is -2.34. The summed E-state index contributed by atoms with van der Waals surface area (Å²) in [5.74, 6) is -2.23. The van der Waals surface area contributed by atoms with E-state index in [0.29, 0.717) is 5.56 Å². The first kappa shape index (κ1) is 15.7. The average molecular weight is 300 g/mol. The Kier molecular flexibility index (Phi) is 4.85. The molecule has 2 aromatic rings. The zero-order chi connectivity index (χ0) is 16.1. The monoisotopic (exact) mass is 300 g/mol. The van der Waals surface area contributed by atoms with Crippen LogP contribution in [0.25, 0.3) is 10.8 Å². The number of benzene rings is 2. The lowest BCUT2D eigenvalue weighted by molar-refractivity contribution is -0.138. The van der Waals surface area contributed by atoms with E-state index < -0.39 is 23.8 Å². The topological polar surface area (TPSA) is 109 Å². The molecule has 2 rings (SSSR count). The van der Waals surface area contributed by atoms with Crippen LogP contribution in [0.3, 0.4) is 0 Å². The van der Waals surface area contributed by atoms with Crippen molar-refractivity contribution in [3.8, 4) is 0 Å². The number of hydrogen-bond donors (Lipinski definition) is 3. The minimum absolute atomic E-state index is 0.0217. The Morgan fingerprint density at radius 2 is 1.77 bits per heavy atom. The van der Waals surface area contributed by atoms with Crippen LogP contribution in [0, 0.1) is 0 Å². The van der Waals surface area contributed by atoms with Crippen LogP contribution in [0.4, 0.5) is 0 Å². The lowest BCUT2D eigenvalue weighted by Gasteiger charge is -2.07. The van der Waals surface area contributed by atoms with Crippen LogP contribution in [-0.4, -0.2) is 28.9 Å². The predicted octanol–water partition coefficient (Wildman–Crippen LogP) is 1.29. The predicted molar refractivity (Wildman–Crippen MR) is 81.3 cm³/mol. The van der Waals surface area contributed by atoms with Gasteiger partial charge in [0.1, 0.15) is 6.04 Å². The van der Waals surface area contributed by atoms with Crippen LogP contribution in [-0.2, 0) is 9.59 Å². The lowest BCUT2D eigenvalue weighted by atomic mass is 10.1. The minimum Gasteiger partial charge on any atom is -0.480 e. The van der Waals surface area contributed by atoms with Gasteiger partial charge in [0.15, 0.2) is 0 Å². The van der Waals surface area contributed by atoms with Gasteiger partial charge in [-0.25, -0.2) is 0 Å². The van der Waals surface area contributed by atoms with Gasteiger partial charge in [-0.3, -0.25) is 19.7 Å². The fourth-order valence-corrected chi connectivity index (χ4v) is 2.00. The molecule has 4 N–H and O–H groups in total. The van der Waals surface area contributed by atoms with Gasteiger partial charge in [-0.15, -0.1) is 0 Å². The van der Waals surface area contributed by atoms with Crippen molar-refractivity contribution in [3.05, 3.63) is 48.0 Å². The molecule has 0 unspecified atom stereocenters. The standard InChI is InChI=1S/C16H16N2O4/c17-13(16(21)22)7-8-14(19)18-15(20)12-6-5-10-3-1-2-4-11(10)9-12/h1-6,9,13H,7-8,17H2,(H,21,22)(H,18,19,20)/t13-/m0/s1. The van der Waals surface area contributed by atoms with Gasteiger partial charge in [0, 0.05) is 12.0 Å². The van der Waals surface area contributed by atoms with E-state index in [2.05, 4.69) is 5.32 Å². The highest BCUT2D eigenvalue weighted by atomic mass is 16.4. The summed E-state index contributed by atoms with van der Waals surface area (Å²) in [4.78, 5) is 34.2. The van der Waals surface area contributed by atoms with Crippen molar-refractivity contribution in [2.45, 2.75) is 18.9 Å². The maximum absolute atomic E-state index is 12.0. The van der Waals surface area contributed by atoms with Gasteiger partial charge in [-0.05, 0) is 29.3 Å². The third-order valence-corrected chi connectivity index (χ3v) is 3.26. The minimum atomic E-state index is -1.17. The number of imide groups is 1. The normalized spacial score (nSPS) is 11.9. The average Bonchev–Trinajstić information content (AvgIpc) is 2.51. The molecule has 22 heavy (non-hydrogen) atoms. The van der Waals surface area contributed by atoms with Crippen molar-refractivity contribution < 1.29 is 19.5 Å². The Bertz CT molecular complexity index is 727. The fourth-order valence-electron chi connectivity index (χ4n) is 2.00. The van der Waals surface area contributed by atoms with E-state index in [1.807, 2.05) is 24.3 Å². The molecule has 0 bridgehead atoms. The van der Waals surface area contributed by atoms with E-state index >= 15 is 0 Å². The number of amides is 2. The number of carbonyl (C=O) groups is 3. The number of carboxylic acids is 1. The zero-order valence-corrected chi connectivity index (χ0v) is 11.8. The Morgan fingerprint density at radius 1 is 1.09 bits per heavy atom. The zero-order valence-electron chi connectivity index (χ0n) is 11.8. The molecule has 0 aliphatic carbocycles. The van der Waals surface area contributed by atoms with Gasteiger partial charge in [0.05, 0.1) is 0 Å². The van der Waals surface area contributed by atoms with Crippen molar-refractivity contribution in [3.63, 3.8) is 0 Å². The molecule has 0 heterocycles. The molecule has 0 saturated heterocycles. The van der Waals surface area contributed by atoms with Gasteiger partial charge >= 0.3 is 5.97 Å². The molecule has 6 heteroatoms. The van der Waals surface area contributed by atoms with E-state index in [-0.39, 0.29) is 12.8 Å². The second kappa shape index (κ2) is 6.82. The highest BCUT2D eigenvalue weighted by molar-refractivity contribution is 6.06. The largest absolute Gasteiger partial charge is 0.480 e. The molecule has 0 spiro atoms. The van der Waals surface area contributed by atoms with E-state index in [0.717, 1.165) is 10.8 Å². The number of nitrogens with one attached hydrogen (secondary N) is 1. The summed E-state index contributed by atoms with van der Waals surface area (Å²) in [5.41, 5.74) is 5.67. The summed E-state index contributed by atoms with van der Waals surface area (Å²) < 4.78 is 0. The van der Waals surface area contributed by atoms with Crippen LogP contribution in [0.15, 0.2) is 42.5 Å². The Labute approximate surface area is 126 Å². The SMILES string of the molecule is N[C@@H](CCC(=O)NC(=O)c1ccc2ccccc2c1)C(=O)O. The molecule has 0 saturated carbocycles. The fraction of sp³-hybridized carbons (Fsp3) is 0.188. The van der Waals surface area contributed by atoms with Crippen LogP contribution >= 0.6 is 0 Å². The van der Waals surface area contributed by atoms with Crippen molar-refractivity contribution in [2.24, 2.45) is 5.73 Å². The molecule has 0 aliphatic heterocycles. The van der Waals surface area contributed by atoms with Crippen molar-refractivity contribution in [1.82, 2.24) is 5.32 Å². The van der Waals surface area contributed by atoms with Crippen molar-refractivity contribution in [2.75, 3.05) is 0 Å². The van der Waals surface area contributed by atoms with Gasteiger partial charge in [-0.1, -0.05) is 30.3 Å². The summed E-state index contributed by atoms with van der Waals surface area (Å²) >= 11 is 0. The van der Waals surface area contributed by atoms with Gasteiger partial charge in [0.25, 0.3) is 5.91 Å². The molecule has 0 fully saturated rings. The maximum atomic E-state index is 12.0. The van der Waals surface area contributed by atoms with Gasteiger partial charge in [-0.2, -0.15) is 0 Å². The Hall–Kier alpha value is -2.73. The number of rotatable bonds is 5. The number of carboxylic acid groups (broad SMARTS) is 1. The van der Waals surface area contributed by atoms with E-state index in [1.54, 1.807) is 18.2 Å². The second-order valence-corrected chi connectivity index (χ2v) is 4.92. The first-order valence-electron chi connectivity index (χ1n) is 6.79. The number of carbonyl (C=O) groups excluding carboxylic acids is 2. The summed E-state index contributed by atoms with van der Waals surface area (Å²) in [7, 11) is 0. The quantitative estimate of drug-likeness (QED) is 0.770. The van der Waals surface area contributed by atoms with Crippen LogP contribution < -0.4 is 11.1 Å². The molecule has 114 valence electrons. The molecule has 2 amide bonds. The third kappa shape index (κ3) is 3.89. The molecule has 1 atom stereocenters. The smallest absolute Gasteiger partial charge is 0.320 e. The molecule has 0 aromatic heterocycles. The highest BCUT2D eigenvalue weighted by Gasteiger charge is 2.15. The van der Waals surface area contributed by atoms with Crippen molar-refractivity contribution in [1.29, 1.82) is 0 Å². The van der Waals surface area contributed by atoms with Crippen LogP contribution in [0.2, 0.25) is 0 Å². The molecular formula is C16H16N2O4. The molecule has 6 nitrogen and oxygen atoms in total. The van der Waals surface area contributed by atoms with Crippen molar-refractivity contribution >= 4 is 28.6 Å². The first-order chi connectivity index (χ1) is 10.5. The van der Waals surface area contributed by atoms with E-state index in [9.17, 15) is 14.4 Å². The highest BCUT2D eigenvalue weighted by Crippen LogP contribution is 2.15. The van der Waals surface area contributed by atoms with E-state index in [4.69, 9.17) is 10.8 Å². The summed E-state index contributed by atoms with van der Waals surface area (Å²) in [6.07, 6.45) is -0.140. The molecule has 0 aliphatic rings. The Balaban J connectivity index is 1.98. The molecule has 2 aromatic carbocycles. The second-order valence-electron chi connectivity index (χ2n) is 4.92. The summed E-state index contributed by atoms with van der Waals surface area (Å²) in [6, 6.07) is 11.6. The summed E-state index contributed by atoms with van der Waals surface area (Å²) in [5, 5.41) is 12.8. The molecular weight excluding hydrogens is 284 g/mol.